The van der Waals surface area contributed by atoms with Crippen LogP contribution >= 0.6 is 7.75 Å². The van der Waals surface area contributed by atoms with E-state index in [0.717, 1.165) is 5.56 Å². The van der Waals surface area contributed by atoms with Crippen LogP contribution in [0.5, 0.6) is 0 Å². The third kappa shape index (κ3) is 5.96. The molecule has 0 radical (unpaired) electrons. The first-order valence-corrected chi connectivity index (χ1v) is 13.7. The number of imidazole rings is 1. The lowest BCUT2D eigenvalue weighted by molar-refractivity contribution is -0.391. The normalized spacial score (nSPS) is 22.2. The van der Waals surface area contributed by atoms with Crippen LogP contribution in [0.25, 0.3) is 11.2 Å². The van der Waals surface area contributed by atoms with Crippen molar-refractivity contribution in [2.45, 2.75) is 37.7 Å². The van der Waals surface area contributed by atoms with E-state index in [1.165, 1.54) is 34.6 Å². The number of nitrogens with zero attached hydrogens (tertiary/aromatic N) is 6. The Balaban J connectivity index is 1.31. The molecule has 1 aromatic carbocycles. The summed E-state index contributed by atoms with van der Waals surface area (Å²) >= 11 is 0. The number of rotatable bonds is 11. The van der Waals surface area contributed by atoms with Gasteiger partial charge in [-0.05, 0) is 16.6 Å². The summed E-state index contributed by atoms with van der Waals surface area (Å²) in [5.41, 5.74) is 6.82. The average Bonchev–Trinajstić information content (AvgIpc) is 3.62. The minimum Gasteiger partial charge on any atom is -0.387 e. The Kier molecular flexibility index (Phi) is 8.10. The monoisotopic (exact) mass is 592 g/mol. The van der Waals surface area contributed by atoms with Crippen LogP contribution in [0.4, 0.5) is 16.0 Å². The van der Waals surface area contributed by atoms with Crippen LogP contribution in [-0.4, -0.2) is 64.1 Å². The lowest BCUT2D eigenvalue weighted by Crippen LogP contribution is -2.34. The Hall–Kier alpha value is -3.83. The Bertz CT molecular complexity index is 1600. The van der Waals surface area contributed by atoms with Gasteiger partial charge in [0.2, 0.25) is 0 Å². The summed E-state index contributed by atoms with van der Waals surface area (Å²) in [7, 11) is -2.66. The van der Waals surface area contributed by atoms with E-state index < -0.39 is 49.9 Å². The van der Waals surface area contributed by atoms with E-state index in [9.17, 15) is 29.3 Å². The van der Waals surface area contributed by atoms with Crippen molar-refractivity contribution in [2.24, 2.45) is 7.05 Å². The number of hydrogen-bond donors (Lipinski definition) is 4. The molecule has 218 valence electrons. The molecule has 3 aromatic heterocycles. The number of anilines is 1. The summed E-state index contributed by atoms with van der Waals surface area (Å²) in [6, 6.07) is 11.7. The van der Waals surface area contributed by atoms with Gasteiger partial charge >= 0.3 is 19.6 Å². The van der Waals surface area contributed by atoms with Crippen molar-refractivity contribution in [3.63, 3.8) is 0 Å². The van der Waals surface area contributed by atoms with E-state index in [-0.39, 0.29) is 36.0 Å². The average molecular weight is 592 g/mol. The van der Waals surface area contributed by atoms with Crippen LogP contribution < -0.4 is 10.8 Å². The predicted octanol–water partition coefficient (Wildman–Crippen LogP) is 1.54. The summed E-state index contributed by atoms with van der Waals surface area (Å²) in [6.07, 6.45) is -5.42. The number of ether oxygens (including phenoxy) is 1. The number of benzene rings is 1. The van der Waals surface area contributed by atoms with Gasteiger partial charge in [-0.3, -0.25) is 13.6 Å². The molecule has 18 heteroatoms. The second-order valence-corrected chi connectivity index (χ2v) is 11.0. The van der Waals surface area contributed by atoms with Gasteiger partial charge in [0.1, 0.15) is 30.6 Å². The highest BCUT2D eigenvalue weighted by molar-refractivity contribution is 7.51. The number of nitrogens with one attached hydrogen (secondary N) is 1. The SMILES string of the molecule is Cn1c(COP(=O)(NCc2ccccc2)OC[C@H]2O[C@@H](n3cnc4c(N)nc(F)nc43)C(O)C2O)ccc1[N+](=O)[O-]. The summed E-state index contributed by atoms with van der Waals surface area (Å²) in [6.45, 7) is -0.728. The van der Waals surface area contributed by atoms with Gasteiger partial charge in [0.25, 0.3) is 0 Å². The second kappa shape index (κ2) is 11.6. The fourth-order valence-electron chi connectivity index (χ4n) is 4.30. The second-order valence-electron chi connectivity index (χ2n) is 9.13. The van der Waals surface area contributed by atoms with Crippen LogP contribution in [-0.2, 0) is 38.5 Å². The van der Waals surface area contributed by atoms with Gasteiger partial charge < -0.3 is 30.8 Å². The standard InChI is InChI=1S/C23H26FN8O8P/c1-30-14(7-8-16(30)32(35)36)10-38-41(37,27-9-13-5-3-2-4-6-13)39-11-15-18(33)19(34)22(40-15)31-12-26-17-20(25)28-23(24)29-21(17)31/h2-8,12,15,18-19,22,33-34H,9-11H2,1H3,(H,27,37)(H2,25,28,29)/t15-,18?,19?,22-,41?/m1/s1. The molecule has 0 amide bonds. The van der Waals surface area contributed by atoms with Crippen molar-refractivity contribution in [3.05, 3.63) is 76.2 Å². The van der Waals surface area contributed by atoms with Crippen molar-refractivity contribution < 1.29 is 37.9 Å². The highest BCUT2D eigenvalue weighted by atomic mass is 31.2. The molecule has 1 saturated heterocycles. The number of nitro groups is 1. The molecule has 4 heterocycles. The molecule has 5 N–H and O–H groups in total. The van der Waals surface area contributed by atoms with Crippen molar-refractivity contribution in [1.29, 1.82) is 0 Å². The molecule has 41 heavy (non-hydrogen) atoms. The van der Waals surface area contributed by atoms with Crippen molar-refractivity contribution in [3.8, 4) is 0 Å². The zero-order valence-corrected chi connectivity index (χ0v) is 22.4. The third-order valence-electron chi connectivity index (χ3n) is 6.53. The highest BCUT2D eigenvalue weighted by Gasteiger charge is 2.45. The maximum absolute atomic E-state index is 13.8. The zero-order valence-electron chi connectivity index (χ0n) is 21.5. The minimum absolute atomic E-state index is 0.0667. The minimum atomic E-state index is -4.13. The van der Waals surface area contributed by atoms with E-state index >= 15 is 0 Å². The Morgan fingerprint density at radius 1 is 1.20 bits per heavy atom. The van der Waals surface area contributed by atoms with E-state index in [2.05, 4.69) is 20.0 Å². The summed E-state index contributed by atoms with van der Waals surface area (Å²) in [5, 5.41) is 35.3. The zero-order chi connectivity index (χ0) is 29.3. The molecule has 16 nitrogen and oxygen atoms in total. The van der Waals surface area contributed by atoms with Gasteiger partial charge in [-0.25, -0.2) is 19.2 Å². The molecule has 5 rings (SSSR count). The predicted molar refractivity (Wildman–Crippen MR) is 139 cm³/mol. The van der Waals surface area contributed by atoms with Gasteiger partial charge in [0.05, 0.1) is 20.0 Å². The molecule has 3 unspecified atom stereocenters. The first-order valence-electron chi connectivity index (χ1n) is 12.2. The fourth-order valence-corrected chi connectivity index (χ4v) is 5.58. The van der Waals surface area contributed by atoms with Crippen molar-refractivity contribution in [2.75, 3.05) is 12.3 Å². The van der Waals surface area contributed by atoms with Crippen LogP contribution in [0.2, 0.25) is 0 Å². The first-order chi connectivity index (χ1) is 19.6. The molecule has 0 aliphatic carbocycles. The van der Waals surface area contributed by atoms with Gasteiger partial charge in [0.15, 0.2) is 23.2 Å². The van der Waals surface area contributed by atoms with Gasteiger partial charge in [-0.2, -0.15) is 14.4 Å². The molecule has 0 bridgehead atoms. The number of nitrogens with two attached hydrogens (primary N) is 1. The van der Waals surface area contributed by atoms with E-state index in [4.69, 9.17) is 19.5 Å². The quantitative estimate of drug-likeness (QED) is 0.0843. The van der Waals surface area contributed by atoms with Crippen LogP contribution in [0, 0.1) is 16.2 Å². The number of hydrogen-bond acceptors (Lipinski definition) is 12. The largest absolute Gasteiger partial charge is 0.406 e. The number of aromatic nitrogens is 5. The van der Waals surface area contributed by atoms with E-state index in [1.54, 1.807) is 24.3 Å². The van der Waals surface area contributed by atoms with Gasteiger partial charge in [-0.15, -0.1) is 0 Å². The van der Waals surface area contributed by atoms with Crippen LogP contribution in [0.1, 0.15) is 17.5 Å². The molecule has 1 fully saturated rings. The molecular formula is C23H26FN8O8P. The Morgan fingerprint density at radius 2 is 1.95 bits per heavy atom. The van der Waals surface area contributed by atoms with Crippen LogP contribution in [0.3, 0.4) is 0 Å². The highest BCUT2D eigenvalue weighted by Crippen LogP contribution is 2.46. The smallest absolute Gasteiger partial charge is 0.387 e. The number of nitrogen functional groups attached to an aromatic ring is 1. The van der Waals surface area contributed by atoms with E-state index in [0.29, 0.717) is 5.69 Å². The van der Waals surface area contributed by atoms with E-state index in [1.807, 2.05) is 6.07 Å². The number of aliphatic hydroxyl groups excluding tert-OH is 2. The maximum atomic E-state index is 13.8. The van der Waals surface area contributed by atoms with Gasteiger partial charge in [-0.1, -0.05) is 30.3 Å². The van der Waals surface area contributed by atoms with Crippen molar-refractivity contribution >= 4 is 30.5 Å². The molecule has 0 saturated carbocycles. The summed E-state index contributed by atoms with van der Waals surface area (Å²) in [5.74, 6) is -0.400. The maximum Gasteiger partial charge on any atom is 0.406 e. The molecular weight excluding hydrogens is 566 g/mol. The summed E-state index contributed by atoms with van der Waals surface area (Å²) in [4.78, 5) is 21.7. The fraction of sp³-hybridized carbons (Fsp3) is 0.348. The number of aliphatic hydroxyl groups is 2. The molecule has 0 spiro atoms. The summed E-state index contributed by atoms with van der Waals surface area (Å²) < 4.78 is 47.0. The lowest BCUT2D eigenvalue weighted by Gasteiger charge is -2.22. The van der Waals surface area contributed by atoms with Crippen LogP contribution in [0.15, 0.2) is 48.8 Å². The van der Waals surface area contributed by atoms with Crippen molar-refractivity contribution in [1.82, 2.24) is 29.2 Å². The lowest BCUT2D eigenvalue weighted by atomic mass is 10.1. The Morgan fingerprint density at radius 3 is 2.66 bits per heavy atom. The third-order valence-corrected chi connectivity index (χ3v) is 8.03. The molecule has 5 atom stereocenters. The van der Waals surface area contributed by atoms with Gasteiger partial charge in [0, 0.05) is 12.6 Å². The molecule has 4 aromatic rings. The molecule has 1 aliphatic rings. The first kappa shape index (κ1) is 28.7. The Labute approximate surface area is 231 Å². The molecule has 1 aliphatic heterocycles. The number of halogens is 1. The topological polar surface area (TPSA) is 215 Å². The number of fused-ring (bicyclic) bond motifs is 1.